The maximum Gasteiger partial charge on any atom is 0.257 e. The fourth-order valence-electron chi connectivity index (χ4n) is 3.58. The van der Waals surface area contributed by atoms with Gasteiger partial charge in [0, 0.05) is 25.1 Å². The first kappa shape index (κ1) is 15.3. The summed E-state index contributed by atoms with van der Waals surface area (Å²) >= 11 is 0. The van der Waals surface area contributed by atoms with Gasteiger partial charge in [0.05, 0.1) is 12.1 Å². The molecule has 0 aliphatic carbocycles. The molecule has 0 radical (unpaired) electrons. The number of nitrogens with zero attached hydrogens (tertiary/aromatic N) is 3. The molecule has 1 aromatic heterocycles. The second-order valence-electron chi connectivity index (χ2n) is 6.58. The van der Waals surface area contributed by atoms with Crippen molar-refractivity contribution in [1.82, 2.24) is 15.0 Å². The summed E-state index contributed by atoms with van der Waals surface area (Å²) in [5.41, 5.74) is 0.799. The smallest absolute Gasteiger partial charge is 0.257 e. The van der Waals surface area contributed by atoms with Gasteiger partial charge in [-0.25, -0.2) is 0 Å². The van der Waals surface area contributed by atoms with Gasteiger partial charge in [-0.1, -0.05) is 23.4 Å². The highest BCUT2D eigenvalue weighted by Gasteiger charge is 2.38. The van der Waals surface area contributed by atoms with E-state index < -0.39 is 0 Å². The number of hydrogen-bond acceptors (Lipinski definition) is 5. The van der Waals surface area contributed by atoms with Crippen LogP contribution in [-0.4, -0.2) is 39.7 Å². The molecule has 2 aliphatic heterocycles. The largest absolute Gasteiger partial charge is 0.375 e. The molecule has 0 saturated carbocycles. The molecule has 2 saturated heterocycles. The Balaban J connectivity index is 1.45. The summed E-state index contributed by atoms with van der Waals surface area (Å²) in [6.45, 7) is 1.90. The summed E-state index contributed by atoms with van der Waals surface area (Å²) in [5.74, 6) is 1.18. The van der Waals surface area contributed by atoms with Crippen LogP contribution in [0.4, 0.5) is 0 Å². The van der Waals surface area contributed by atoms with E-state index in [0.717, 1.165) is 37.9 Å². The van der Waals surface area contributed by atoms with Gasteiger partial charge < -0.3 is 14.2 Å². The molecule has 1 spiro atoms. The number of aromatic nitrogens is 2. The predicted octanol–water partition coefficient (Wildman–Crippen LogP) is 2.80. The highest BCUT2D eigenvalue weighted by Crippen LogP contribution is 2.36. The van der Waals surface area contributed by atoms with Gasteiger partial charge in [0.15, 0.2) is 5.82 Å². The van der Waals surface area contributed by atoms with Crippen molar-refractivity contribution in [1.29, 1.82) is 0 Å². The van der Waals surface area contributed by atoms with E-state index in [-0.39, 0.29) is 11.5 Å². The maximum absolute atomic E-state index is 12.4. The molecule has 2 fully saturated rings. The molecule has 1 amide bonds. The summed E-state index contributed by atoms with van der Waals surface area (Å²) in [6, 6.07) is 9.65. The lowest BCUT2D eigenvalue weighted by Gasteiger charge is -2.26. The van der Waals surface area contributed by atoms with Crippen LogP contribution >= 0.6 is 0 Å². The summed E-state index contributed by atoms with van der Waals surface area (Å²) in [5, 5.41) is 4.03. The zero-order valence-electron chi connectivity index (χ0n) is 13.6. The summed E-state index contributed by atoms with van der Waals surface area (Å²) in [7, 11) is 0. The molecular weight excluding hydrogens is 306 g/mol. The van der Waals surface area contributed by atoms with E-state index in [9.17, 15) is 4.79 Å². The predicted molar refractivity (Wildman–Crippen MR) is 86.9 cm³/mol. The van der Waals surface area contributed by atoms with Crippen LogP contribution in [0, 0.1) is 0 Å². The number of amides is 1. The van der Waals surface area contributed by atoms with Crippen molar-refractivity contribution in [3.63, 3.8) is 0 Å². The molecule has 4 rings (SSSR count). The number of hydrogen-bond donors (Lipinski definition) is 0. The Bertz CT molecular complexity index is 707. The molecule has 3 heterocycles. The SMILES string of the molecule is O=C1CCC2(CCCO2)CCN1Cc1noc(-c2ccccc2)n1. The van der Waals surface area contributed by atoms with Gasteiger partial charge in [-0.2, -0.15) is 4.98 Å². The Kier molecular flexibility index (Phi) is 4.06. The lowest BCUT2D eigenvalue weighted by molar-refractivity contribution is -0.131. The summed E-state index contributed by atoms with van der Waals surface area (Å²) < 4.78 is 11.3. The summed E-state index contributed by atoms with van der Waals surface area (Å²) in [4.78, 5) is 18.7. The van der Waals surface area contributed by atoms with Crippen molar-refractivity contribution in [3.05, 3.63) is 36.2 Å². The Morgan fingerprint density at radius 2 is 2.04 bits per heavy atom. The van der Waals surface area contributed by atoms with Crippen LogP contribution in [0.1, 0.15) is 37.9 Å². The second-order valence-corrected chi connectivity index (χ2v) is 6.58. The number of benzene rings is 1. The van der Waals surface area contributed by atoms with Crippen molar-refractivity contribution in [2.45, 2.75) is 44.2 Å². The number of carbonyl (C=O) groups excluding carboxylic acids is 1. The van der Waals surface area contributed by atoms with E-state index in [2.05, 4.69) is 10.1 Å². The van der Waals surface area contributed by atoms with Gasteiger partial charge in [0.25, 0.3) is 5.89 Å². The fraction of sp³-hybridized carbons (Fsp3) is 0.500. The molecular formula is C18H21N3O3. The van der Waals surface area contributed by atoms with Crippen LogP contribution in [-0.2, 0) is 16.1 Å². The average molecular weight is 327 g/mol. The van der Waals surface area contributed by atoms with E-state index in [1.807, 2.05) is 35.2 Å². The zero-order valence-corrected chi connectivity index (χ0v) is 13.6. The maximum atomic E-state index is 12.4. The molecule has 126 valence electrons. The highest BCUT2D eigenvalue weighted by molar-refractivity contribution is 5.76. The number of ether oxygens (including phenoxy) is 1. The second kappa shape index (κ2) is 6.36. The Labute approximate surface area is 140 Å². The topological polar surface area (TPSA) is 68.5 Å². The van der Waals surface area contributed by atoms with Crippen LogP contribution in [0.2, 0.25) is 0 Å². The van der Waals surface area contributed by atoms with E-state index in [1.54, 1.807) is 0 Å². The highest BCUT2D eigenvalue weighted by atomic mass is 16.5. The standard InChI is InChI=1S/C18H21N3O3/c22-16-7-9-18(8-4-12-23-18)10-11-21(16)13-15-19-17(24-20-15)14-5-2-1-3-6-14/h1-3,5-6H,4,7-13H2. The van der Waals surface area contributed by atoms with Crippen LogP contribution in [0.5, 0.6) is 0 Å². The zero-order chi connectivity index (χ0) is 16.4. The molecule has 6 nitrogen and oxygen atoms in total. The first-order chi connectivity index (χ1) is 11.7. The molecule has 6 heteroatoms. The van der Waals surface area contributed by atoms with Gasteiger partial charge >= 0.3 is 0 Å². The Morgan fingerprint density at radius 3 is 2.83 bits per heavy atom. The molecule has 1 atom stereocenters. The third kappa shape index (κ3) is 3.06. The van der Waals surface area contributed by atoms with Crippen molar-refractivity contribution in [2.24, 2.45) is 0 Å². The van der Waals surface area contributed by atoms with E-state index in [1.165, 1.54) is 0 Å². The first-order valence-electron chi connectivity index (χ1n) is 8.54. The van der Waals surface area contributed by atoms with E-state index >= 15 is 0 Å². The molecule has 2 aromatic rings. The van der Waals surface area contributed by atoms with Crippen LogP contribution in [0.25, 0.3) is 11.5 Å². The monoisotopic (exact) mass is 327 g/mol. The Morgan fingerprint density at radius 1 is 1.17 bits per heavy atom. The van der Waals surface area contributed by atoms with Crippen molar-refractivity contribution >= 4 is 5.91 Å². The molecule has 0 bridgehead atoms. The lowest BCUT2D eigenvalue weighted by Crippen LogP contribution is -2.32. The lowest BCUT2D eigenvalue weighted by atomic mass is 9.92. The van der Waals surface area contributed by atoms with Crippen molar-refractivity contribution in [3.8, 4) is 11.5 Å². The van der Waals surface area contributed by atoms with Gasteiger partial charge in [0.1, 0.15) is 0 Å². The molecule has 2 aliphatic rings. The van der Waals surface area contributed by atoms with Gasteiger partial charge in [0.2, 0.25) is 5.91 Å². The van der Waals surface area contributed by atoms with Gasteiger partial charge in [-0.3, -0.25) is 4.79 Å². The Hall–Kier alpha value is -2.21. The molecule has 0 N–H and O–H groups in total. The minimum Gasteiger partial charge on any atom is -0.375 e. The number of rotatable bonds is 3. The van der Waals surface area contributed by atoms with Crippen molar-refractivity contribution < 1.29 is 14.1 Å². The van der Waals surface area contributed by atoms with E-state index in [0.29, 0.717) is 31.2 Å². The minimum atomic E-state index is -0.0864. The number of carbonyl (C=O) groups is 1. The third-order valence-electron chi connectivity index (χ3n) is 4.99. The molecule has 1 aromatic carbocycles. The quantitative estimate of drug-likeness (QED) is 0.867. The van der Waals surface area contributed by atoms with Crippen LogP contribution in [0.15, 0.2) is 34.9 Å². The molecule has 1 unspecified atom stereocenters. The summed E-state index contributed by atoms with van der Waals surface area (Å²) in [6.07, 6.45) is 4.41. The van der Waals surface area contributed by atoms with E-state index in [4.69, 9.17) is 9.26 Å². The normalized spacial score (nSPS) is 24.5. The molecule has 24 heavy (non-hydrogen) atoms. The van der Waals surface area contributed by atoms with Crippen molar-refractivity contribution in [2.75, 3.05) is 13.2 Å². The average Bonchev–Trinajstić information content (AvgIpc) is 3.24. The van der Waals surface area contributed by atoms with Crippen LogP contribution in [0.3, 0.4) is 0 Å². The fourth-order valence-corrected chi connectivity index (χ4v) is 3.58. The number of likely N-dealkylation sites (tertiary alicyclic amines) is 1. The van der Waals surface area contributed by atoms with Gasteiger partial charge in [-0.15, -0.1) is 0 Å². The third-order valence-corrected chi connectivity index (χ3v) is 4.99. The van der Waals surface area contributed by atoms with Crippen LogP contribution < -0.4 is 0 Å². The first-order valence-corrected chi connectivity index (χ1v) is 8.54. The van der Waals surface area contributed by atoms with Gasteiger partial charge in [-0.05, 0) is 37.8 Å². The minimum absolute atomic E-state index is 0.0864.